The van der Waals surface area contributed by atoms with Crippen molar-refractivity contribution in [1.29, 1.82) is 0 Å². The lowest BCUT2D eigenvalue weighted by Gasteiger charge is -2.39. The van der Waals surface area contributed by atoms with Gasteiger partial charge < -0.3 is 25.2 Å². The monoisotopic (exact) mass is 468 g/mol. The highest BCUT2D eigenvalue weighted by atomic mass is 16.5. The van der Waals surface area contributed by atoms with Crippen molar-refractivity contribution in [3.8, 4) is 11.4 Å². The second-order valence-electron chi connectivity index (χ2n) is 9.03. The molecule has 34 heavy (non-hydrogen) atoms. The van der Waals surface area contributed by atoms with E-state index in [0.717, 1.165) is 74.6 Å². The normalized spacial score (nSPS) is 20.4. The fourth-order valence-electron chi connectivity index (χ4n) is 5.29. The van der Waals surface area contributed by atoms with Gasteiger partial charge in [0.15, 0.2) is 5.82 Å². The van der Waals surface area contributed by atoms with Gasteiger partial charge in [0, 0.05) is 42.8 Å². The van der Waals surface area contributed by atoms with Crippen LogP contribution < -0.4 is 5.32 Å². The molecule has 1 aliphatic carbocycles. The maximum atomic E-state index is 11.9. The molecule has 1 amide bonds. The number of piperidine rings is 1. The molecule has 1 unspecified atom stereocenters. The molecule has 3 aliphatic rings. The summed E-state index contributed by atoms with van der Waals surface area (Å²) < 4.78 is 5.80. The Morgan fingerprint density at radius 2 is 1.94 bits per heavy atom. The van der Waals surface area contributed by atoms with Crippen molar-refractivity contribution >= 4 is 18.2 Å². The molecule has 3 heterocycles. The number of likely N-dealkylation sites (tertiary alicyclic amines) is 1. The van der Waals surface area contributed by atoms with E-state index in [4.69, 9.17) is 24.6 Å². The number of rotatable bonds is 5. The van der Waals surface area contributed by atoms with Crippen molar-refractivity contribution in [2.75, 3.05) is 38.2 Å². The molecule has 2 fully saturated rings. The number of nitrogens with zero attached hydrogens (tertiary/aromatic N) is 3. The summed E-state index contributed by atoms with van der Waals surface area (Å²) in [6.07, 6.45) is 6.19. The van der Waals surface area contributed by atoms with Gasteiger partial charge in [0.1, 0.15) is 12.4 Å². The van der Waals surface area contributed by atoms with Gasteiger partial charge in [-0.15, -0.1) is 0 Å². The molecular weight excluding hydrogens is 436 g/mol. The number of fused-ring (bicyclic) bond motifs is 2. The topological polar surface area (TPSA) is 125 Å². The number of carbonyl (C=O) groups is 2. The largest absolute Gasteiger partial charge is 0.483 e. The highest BCUT2D eigenvalue weighted by Crippen LogP contribution is 2.47. The van der Waals surface area contributed by atoms with Crippen molar-refractivity contribution < 1.29 is 24.5 Å². The van der Waals surface area contributed by atoms with Gasteiger partial charge in [0.2, 0.25) is 5.91 Å². The summed E-state index contributed by atoms with van der Waals surface area (Å²) >= 11 is 0. The summed E-state index contributed by atoms with van der Waals surface area (Å²) in [6.45, 7) is 2.28. The van der Waals surface area contributed by atoms with Crippen LogP contribution in [0.15, 0.2) is 30.3 Å². The van der Waals surface area contributed by atoms with Gasteiger partial charge in [-0.3, -0.25) is 9.59 Å². The Morgan fingerprint density at radius 3 is 2.59 bits per heavy atom. The molecule has 1 aromatic heterocycles. The zero-order valence-corrected chi connectivity index (χ0v) is 19.3. The summed E-state index contributed by atoms with van der Waals surface area (Å²) in [7, 11) is 0. The number of anilines is 1. The van der Waals surface area contributed by atoms with E-state index in [9.17, 15) is 9.90 Å². The van der Waals surface area contributed by atoms with Crippen LogP contribution in [0.4, 0.5) is 5.82 Å². The summed E-state index contributed by atoms with van der Waals surface area (Å²) in [4.78, 5) is 32.1. The number of carboxylic acid groups (broad SMARTS) is 1. The summed E-state index contributed by atoms with van der Waals surface area (Å²) in [5.41, 5.74) is 3.36. The second-order valence-corrected chi connectivity index (χ2v) is 9.03. The Labute approximate surface area is 199 Å². The summed E-state index contributed by atoms with van der Waals surface area (Å²) in [5.74, 6) is 1.51. The molecule has 1 spiro atoms. The number of benzene rings is 1. The molecule has 182 valence electrons. The highest BCUT2D eigenvalue weighted by molar-refractivity contribution is 5.77. The van der Waals surface area contributed by atoms with E-state index in [-0.39, 0.29) is 23.9 Å². The number of hydrogen-bond donors (Lipinski definition) is 3. The van der Waals surface area contributed by atoms with Gasteiger partial charge >= 0.3 is 0 Å². The van der Waals surface area contributed by atoms with Crippen LogP contribution in [0.3, 0.4) is 0 Å². The van der Waals surface area contributed by atoms with Crippen LogP contribution >= 0.6 is 0 Å². The van der Waals surface area contributed by atoms with Crippen molar-refractivity contribution in [3.05, 3.63) is 41.6 Å². The average Bonchev–Trinajstić information content (AvgIpc) is 3.52. The molecule has 2 aliphatic heterocycles. The van der Waals surface area contributed by atoms with Crippen molar-refractivity contribution in [2.45, 2.75) is 50.0 Å². The lowest BCUT2D eigenvalue weighted by atomic mass is 9.76. The first-order valence-electron chi connectivity index (χ1n) is 11.9. The van der Waals surface area contributed by atoms with Crippen molar-refractivity contribution in [3.63, 3.8) is 0 Å². The summed E-state index contributed by atoms with van der Waals surface area (Å²) in [5, 5.41) is 19.7. The zero-order chi connectivity index (χ0) is 24.0. The Kier molecular flexibility index (Phi) is 7.74. The molecule has 0 radical (unpaired) electrons. The Balaban J connectivity index is 0.000000868. The number of hydrogen-bond acceptors (Lipinski definition) is 7. The number of amides is 1. The van der Waals surface area contributed by atoms with Gasteiger partial charge in [-0.05, 0) is 38.5 Å². The van der Waals surface area contributed by atoms with Gasteiger partial charge in [-0.1, -0.05) is 30.3 Å². The third-order valence-corrected chi connectivity index (χ3v) is 7.12. The van der Waals surface area contributed by atoms with Crippen LogP contribution in [-0.4, -0.2) is 76.4 Å². The number of carbonyl (C=O) groups excluding carboxylic acids is 1. The fraction of sp³-hybridized carbons (Fsp3) is 0.520. The molecule has 5 rings (SSSR count). The highest BCUT2D eigenvalue weighted by Gasteiger charge is 2.44. The lowest BCUT2D eigenvalue weighted by molar-refractivity contribution is -0.135. The number of aliphatic hydroxyl groups is 1. The molecule has 9 heteroatoms. The van der Waals surface area contributed by atoms with Crippen LogP contribution in [0.2, 0.25) is 0 Å². The number of ether oxygens (including phenoxy) is 1. The average molecular weight is 469 g/mol. The smallest absolute Gasteiger partial charge is 0.290 e. The molecule has 1 atom stereocenters. The standard InChI is InChI=1S/C24H30N4O3.CH2O2/c29-16-20(30)28-12-10-24(11-13-28)9-8-19-21(24)26-22(17-5-2-1-3-6-17)27-23(19)25-15-18-7-4-14-31-18;2-1-3/h1-3,5-6,18,29H,4,7-16H2,(H,25,26,27);1H,(H,2,3). The Morgan fingerprint density at radius 1 is 1.21 bits per heavy atom. The maximum Gasteiger partial charge on any atom is 0.290 e. The minimum absolute atomic E-state index is 0.0195. The van der Waals surface area contributed by atoms with Crippen LogP contribution in [0.5, 0.6) is 0 Å². The van der Waals surface area contributed by atoms with Crippen molar-refractivity contribution in [1.82, 2.24) is 14.9 Å². The summed E-state index contributed by atoms with van der Waals surface area (Å²) in [6, 6.07) is 10.1. The predicted molar refractivity (Wildman–Crippen MR) is 127 cm³/mol. The third kappa shape index (κ3) is 5.05. The third-order valence-electron chi connectivity index (χ3n) is 7.12. The molecule has 3 N–H and O–H groups in total. The maximum absolute atomic E-state index is 11.9. The van der Waals surface area contributed by atoms with E-state index in [0.29, 0.717) is 13.1 Å². The Bertz CT molecular complexity index is 986. The molecule has 2 aromatic rings. The first-order chi connectivity index (χ1) is 16.6. The van der Waals surface area contributed by atoms with E-state index < -0.39 is 6.61 Å². The minimum atomic E-state index is -0.415. The number of nitrogens with one attached hydrogen (secondary N) is 1. The van der Waals surface area contributed by atoms with Gasteiger partial charge in [0.25, 0.3) is 6.47 Å². The fourth-order valence-corrected chi connectivity index (χ4v) is 5.29. The van der Waals surface area contributed by atoms with E-state index in [1.807, 2.05) is 18.2 Å². The zero-order valence-electron chi connectivity index (χ0n) is 19.3. The van der Waals surface area contributed by atoms with Crippen LogP contribution in [0.1, 0.15) is 43.4 Å². The Hall–Kier alpha value is -3.04. The lowest BCUT2D eigenvalue weighted by Crippen LogP contribution is -2.45. The second kappa shape index (κ2) is 10.9. The molecule has 2 saturated heterocycles. The van der Waals surface area contributed by atoms with E-state index in [2.05, 4.69) is 17.4 Å². The quantitative estimate of drug-likeness (QED) is 0.571. The number of aromatic nitrogens is 2. The number of aliphatic hydroxyl groups excluding tert-OH is 1. The molecule has 0 saturated carbocycles. The van der Waals surface area contributed by atoms with Gasteiger partial charge in [-0.2, -0.15) is 0 Å². The first-order valence-corrected chi connectivity index (χ1v) is 11.9. The van der Waals surface area contributed by atoms with E-state index >= 15 is 0 Å². The SMILES string of the molecule is O=C(CO)N1CCC2(CCc3c(NCC4CCCO4)nc(-c4ccccc4)nc32)CC1.O=CO. The molecule has 1 aromatic carbocycles. The molecular formula is C25H32N4O5. The first kappa shape index (κ1) is 24.1. The van der Waals surface area contributed by atoms with E-state index in [1.54, 1.807) is 4.90 Å². The van der Waals surface area contributed by atoms with Gasteiger partial charge in [-0.25, -0.2) is 9.97 Å². The van der Waals surface area contributed by atoms with E-state index in [1.165, 1.54) is 5.56 Å². The molecule has 0 bridgehead atoms. The molecule has 9 nitrogen and oxygen atoms in total. The van der Waals surface area contributed by atoms with Crippen LogP contribution in [0.25, 0.3) is 11.4 Å². The van der Waals surface area contributed by atoms with Crippen molar-refractivity contribution in [2.24, 2.45) is 0 Å². The van der Waals surface area contributed by atoms with Crippen LogP contribution in [-0.2, 0) is 26.2 Å². The minimum Gasteiger partial charge on any atom is -0.483 e. The van der Waals surface area contributed by atoms with Gasteiger partial charge in [0.05, 0.1) is 11.8 Å². The predicted octanol–water partition coefficient (Wildman–Crippen LogP) is 2.23. The van der Waals surface area contributed by atoms with Crippen LogP contribution in [0, 0.1) is 0 Å².